The predicted octanol–water partition coefficient (Wildman–Crippen LogP) is 3.55. The molecule has 0 heterocycles. The first-order chi connectivity index (χ1) is 4.70. The minimum Gasteiger partial charge on any atom is -0.130 e. The second-order valence-corrected chi connectivity index (χ2v) is 3.70. The van der Waals surface area contributed by atoms with Gasteiger partial charge in [-0.25, -0.2) is 0 Å². The van der Waals surface area contributed by atoms with Gasteiger partial charge in [-0.3, -0.25) is 0 Å². The molecule has 2 unspecified atom stereocenters. The van der Waals surface area contributed by atoms with E-state index in [9.17, 15) is 0 Å². The van der Waals surface area contributed by atoms with Gasteiger partial charge in [0.1, 0.15) is 0 Å². The van der Waals surface area contributed by atoms with Crippen LogP contribution in [0, 0.1) is 6.92 Å². The van der Waals surface area contributed by atoms with Crippen LogP contribution in [0.4, 0.5) is 0 Å². The first kappa shape index (κ1) is 11.4. The minimum atomic E-state index is 0. The topological polar surface area (TPSA) is 0 Å². The highest BCUT2D eigenvalue weighted by molar-refractivity contribution is 14.0. The lowest BCUT2D eigenvalue weighted by molar-refractivity contribution is 1.10. The summed E-state index contributed by atoms with van der Waals surface area (Å²) in [5, 5.41) is 0. The Balaban J connectivity index is 0.000001000. The molecular weight excluding hydrogens is 266 g/mol. The standard InChI is InChI=1S/C9H13P.HI/c1-7-3-5-9(6-4-7)8(2)10;/h3-6,8H,10H2,1-2H3;1H. The zero-order valence-corrected chi connectivity index (χ0v) is 10.4. The van der Waals surface area contributed by atoms with Gasteiger partial charge in [-0.15, -0.1) is 33.2 Å². The van der Waals surface area contributed by atoms with E-state index in [4.69, 9.17) is 0 Å². The molecule has 0 aliphatic heterocycles. The second kappa shape index (κ2) is 5.10. The van der Waals surface area contributed by atoms with E-state index < -0.39 is 0 Å². The molecule has 1 aromatic carbocycles. The molecule has 0 aromatic heterocycles. The van der Waals surface area contributed by atoms with Gasteiger partial charge in [0.25, 0.3) is 0 Å². The van der Waals surface area contributed by atoms with Gasteiger partial charge in [-0.05, 0) is 18.1 Å². The van der Waals surface area contributed by atoms with E-state index in [0.29, 0.717) is 5.66 Å². The number of halogens is 1. The number of hydrogen-bond acceptors (Lipinski definition) is 0. The van der Waals surface area contributed by atoms with Crippen LogP contribution < -0.4 is 0 Å². The number of hydrogen-bond donors (Lipinski definition) is 0. The van der Waals surface area contributed by atoms with Crippen molar-refractivity contribution < 1.29 is 0 Å². The highest BCUT2D eigenvalue weighted by Gasteiger charge is 1.95. The quantitative estimate of drug-likeness (QED) is 0.545. The predicted molar refractivity (Wildman–Crippen MR) is 64.7 cm³/mol. The molecule has 0 saturated carbocycles. The van der Waals surface area contributed by atoms with E-state index in [2.05, 4.69) is 47.4 Å². The van der Waals surface area contributed by atoms with Crippen molar-refractivity contribution in [1.29, 1.82) is 0 Å². The SMILES string of the molecule is Cc1ccc(C(C)P)cc1.I. The molecule has 62 valence electrons. The maximum atomic E-state index is 2.79. The average Bonchev–Trinajstić information content (AvgIpc) is 1.88. The van der Waals surface area contributed by atoms with Gasteiger partial charge in [0, 0.05) is 0 Å². The Morgan fingerprint density at radius 1 is 1.18 bits per heavy atom. The fourth-order valence-electron chi connectivity index (χ4n) is 0.870. The molecule has 0 fully saturated rings. The summed E-state index contributed by atoms with van der Waals surface area (Å²) in [5.74, 6) is 0. The van der Waals surface area contributed by atoms with Crippen LogP contribution in [0.25, 0.3) is 0 Å². The monoisotopic (exact) mass is 280 g/mol. The lowest BCUT2D eigenvalue weighted by atomic mass is 10.1. The van der Waals surface area contributed by atoms with Crippen molar-refractivity contribution in [2.24, 2.45) is 0 Å². The van der Waals surface area contributed by atoms with Gasteiger partial charge in [-0.2, -0.15) is 0 Å². The van der Waals surface area contributed by atoms with Crippen LogP contribution in [0.5, 0.6) is 0 Å². The third-order valence-electron chi connectivity index (χ3n) is 1.60. The summed E-state index contributed by atoms with van der Waals surface area (Å²) < 4.78 is 0. The molecule has 1 rings (SSSR count). The highest BCUT2D eigenvalue weighted by atomic mass is 127. The molecule has 2 atom stereocenters. The Kier molecular flexibility index (Phi) is 5.28. The summed E-state index contributed by atoms with van der Waals surface area (Å²) >= 11 is 0. The summed E-state index contributed by atoms with van der Waals surface area (Å²) in [6, 6.07) is 8.64. The fraction of sp³-hybridized carbons (Fsp3) is 0.333. The maximum Gasteiger partial charge on any atom is -0.00428 e. The largest absolute Gasteiger partial charge is 0.130 e. The lowest BCUT2D eigenvalue weighted by Gasteiger charge is -2.03. The van der Waals surface area contributed by atoms with Crippen LogP contribution in [0.15, 0.2) is 24.3 Å². The molecule has 0 aliphatic rings. The van der Waals surface area contributed by atoms with Crippen LogP contribution in [0.1, 0.15) is 23.7 Å². The van der Waals surface area contributed by atoms with Gasteiger partial charge in [-0.1, -0.05) is 36.8 Å². The molecule has 2 heteroatoms. The van der Waals surface area contributed by atoms with Gasteiger partial charge in [0.15, 0.2) is 0 Å². The third-order valence-corrected chi connectivity index (χ3v) is 1.99. The summed E-state index contributed by atoms with van der Waals surface area (Å²) in [7, 11) is 2.79. The first-order valence-electron chi connectivity index (χ1n) is 3.52. The van der Waals surface area contributed by atoms with Gasteiger partial charge < -0.3 is 0 Å². The summed E-state index contributed by atoms with van der Waals surface area (Å²) in [4.78, 5) is 0. The molecule has 0 bridgehead atoms. The average molecular weight is 280 g/mol. The van der Waals surface area contributed by atoms with Crippen molar-refractivity contribution >= 4 is 33.2 Å². The molecule has 11 heavy (non-hydrogen) atoms. The molecule has 0 N–H and O–H groups in total. The molecule has 0 nitrogen and oxygen atoms in total. The van der Waals surface area contributed by atoms with E-state index in [-0.39, 0.29) is 24.0 Å². The van der Waals surface area contributed by atoms with Crippen molar-refractivity contribution in [1.82, 2.24) is 0 Å². The van der Waals surface area contributed by atoms with Crippen molar-refractivity contribution in [2.75, 3.05) is 0 Å². The highest BCUT2D eigenvalue weighted by Crippen LogP contribution is 2.21. The van der Waals surface area contributed by atoms with E-state index in [0.717, 1.165) is 0 Å². The number of rotatable bonds is 1. The smallest absolute Gasteiger partial charge is 0.00428 e. The van der Waals surface area contributed by atoms with Gasteiger partial charge in [0.2, 0.25) is 0 Å². The first-order valence-corrected chi connectivity index (χ1v) is 4.19. The zero-order chi connectivity index (χ0) is 7.56. The molecule has 0 radical (unpaired) electrons. The van der Waals surface area contributed by atoms with E-state index in [1.54, 1.807) is 0 Å². The zero-order valence-electron chi connectivity index (χ0n) is 6.87. The van der Waals surface area contributed by atoms with Crippen molar-refractivity contribution in [3.8, 4) is 0 Å². The molecule has 0 aliphatic carbocycles. The summed E-state index contributed by atoms with van der Waals surface area (Å²) in [6.45, 7) is 4.28. The van der Waals surface area contributed by atoms with E-state index in [1.165, 1.54) is 11.1 Å². The molecular formula is C9H14IP. The molecule has 1 aromatic rings. The Hall–Kier alpha value is 0.380. The maximum absolute atomic E-state index is 2.79. The summed E-state index contributed by atoms with van der Waals surface area (Å²) in [6.07, 6.45) is 0. The van der Waals surface area contributed by atoms with Crippen molar-refractivity contribution in [2.45, 2.75) is 19.5 Å². The van der Waals surface area contributed by atoms with Gasteiger partial charge >= 0.3 is 0 Å². The van der Waals surface area contributed by atoms with Crippen molar-refractivity contribution in [3.05, 3.63) is 35.4 Å². The van der Waals surface area contributed by atoms with E-state index >= 15 is 0 Å². The van der Waals surface area contributed by atoms with Crippen LogP contribution in [-0.4, -0.2) is 0 Å². The molecule has 0 amide bonds. The Morgan fingerprint density at radius 2 is 1.64 bits per heavy atom. The summed E-state index contributed by atoms with van der Waals surface area (Å²) in [5.41, 5.74) is 3.28. The molecule has 0 saturated heterocycles. The molecule has 0 spiro atoms. The van der Waals surface area contributed by atoms with E-state index in [1.807, 2.05) is 0 Å². The van der Waals surface area contributed by atoms with Crippen molar-refractivity contribution in [3.63, 3.8) is 0 Å². The Labute approximate surface area is 88.0 Å². The second-order valence-electron chi connectivity index (χ2n) is 2.70. The van der Waals surface area contributed by atoms with Gasteiger partial charge in [0.05, 0.1) is 0 Å². The third kappa shape index (κ3) is 3.53. The van der Waals surface area contributed by atoms with Crippen LogP contribution in [0.2, 0.25) is 0 Å². The fourth-order valence-corrected chi connectivity index (χ4v) is 1.09. The Bertz CT molecular complexity index is 203. The number of benzene rings is 1. The van der Waals surface area contributed by atoms with Crippen LogP contribution >= 0.6 is 33.2 Å². The Morgan fingerprint density at radius 3 is 2.00 bits per heavy atom. The lowest BCUT2D eigenvalue weighted by Crippen LogP contribution is -1.81. The van der Waals surface area contributed by atoms with Crippen LogP contribution in [0.3, 0.4) is 0 Å². The number of aryl methyl sites for hydroxylation is 1. The minimum absolute atomic E-state index is 0. The normalized spacial score (nSPS) is 11.9. The van der Waals surface area contributed by atoms with Crippen LogP contribution in [-0.2, 0) is 0 Å².